The van der Waals surface area contributed by atoms with E-state index in [1.165, 1.54) is 0 Å². The van der Waals surface area contributed by atoms with Gasteiger partial charge in [0.05, 0.1) is 37.6 Å². The molecule has 1 rings (SSSR count). The minimum Gasteiger partial charge on any atom is -0.480 e. The second-order valence-electron chi connectivity index (χ2n) is 5.63. The Bertz CT molecular complexity index is 639. The molecule has 0 aliphatic carbocycles. The molecule has 4 N–H and O–H groups in total. The molecule has 0 unspecified atom stereocenters. The Labute approximate surface area is 162 Å². The highest BCUT2D eigenvalue weighted by Crippen LogP contribution is 2.16. The molecule has 11 nitrogen and oxygen atoms in total. The van der Waals surface area contributed by atoms with E-state index in [4.69, 9.17) is 20.4 Å². The first-order valence-corrected chi connectivity index (χ1v) is 8.31. The van der Waals surface area contributed by atoms with Crippen molar-refractivity contribution < 1.29 is 39.6 Å². The SMILES string of the molecule is O=C(O)CN(CC(=O)O)Cc1cc(Br)cc(CN(CC(=O)O)CC(=O)O)n1. The molecule has 0 atom stereocenters. The Hall–Kier alpha value is -2.57. The van der Waals surface area contributed by atoms with E-state index in [0.717, 1.165) is 9.80 Å². The van der Waals surface area contributed by atoms with Crippen LogP contribution in [0.2, 0.25) is 0 Å². The zero-order valence-electron chi connectivity index (χ0n) is 14.0. The second-order valence-corrected chi connectivity index (χ2v) is 6.55. The van der Waals surface area contributed by atoms with E-state index in [2.05, 4.69) is 20.9 Å². The van der Waals surface area contributed by atoms with E-state index in [-0.39, 0.29) is 13.1 Å². The largest absolute Gasteiger partial charge is 0.480 e. The van der Waals surface area contributed by atoms with E-state index in [9.17, 15) is 19.2 Å². The van der Waals surface area contributed by atoms with Gasteiger partial charge in [-0.25, -0.2) is 0 Å². The summed E-state index contributed by atoms with van der Waals surface area (Å²) in [4.78, 5) is 50.1. The van der Waals surface area contributed by atoms with Gasteiger partial charge in [-0.05, 0) is 12.1 Å². The van der Waals surface area contributed by atoms with Gasteiger partial charge in [0.2, 0.25) is 0 Å². The summed E-state index contributed by atoms with van der Waals surface area (Å²) >= 11 is 3.25. The maximum absolute atomic E-state index is 10.9. The van der Waals surface area contributed by atoms with E-state index < -0.39 is 50.1 Å². The van der Waals surface area contributed by atoms with Gasteiger partial charge in [-0.15, -0.1) is 0 Å². The van der Waals surface area contributed by atoms with Crippen molar-refractivity contribution in [1.82, 2.24) is 14.8 Å². The fourth-order valence-corrected chi connectivity index (χ4v) is 2.86. The van der Waals surface area contributed by atoms with Crippen LogP contribution in [-0.4, -0.2) is 85.3 Å². The van der Waals surface area contributed by atoms with Crippen LogP contribution in [0.3, 0.4) is 0 Å². The molecule has 0 saturated carbocycles. The summed E-state index contributed by atoms with van der Waals surface area (Å²) in [7, 11) is 0. The molecule has 1 aromatic heterocycles. The maximum Gasteiger partial charge on any atom is 0.317 e. The van der Waals surface area contributed by atoms with E-state index in [1.807, 2.05) is 0 Å². The Morgan fingerprint density at radius 3 is 1.30 bits per heavy atom. The van der Waals surface area contributed by atoms with Gasteiger partial charge in [0.25, 0.3) is 0 Å². The van der Waals surface area contributed by atoms with Gasteiger partial charge in [-0.2, -0.15) is 0 Å². The van der Waals surface area contributed by atoms with E-state index in [0.29, 0.717) is 15.9 Å². The lowest BCUT2D eigenvalue weighted by molar-refractivity contribution is -0.144. The van der Waals surface area contributed by atoms with Gasteiger partial charge in [0.15, 0.2) is 0 Å². The number of aromatic nitrogens is 1. The second kappa shape index (κ2) is 10.5. The summed E-state index contributed by atoms with van der Waals surface area (Å²) in [5, 5.41) is 35.6. The number of carboxylic acid groups (broad SMARTS) is 4. The van der Waals surface area contributed by atoms with Gasteiger partial charge in [-0.3, -0.25) is 34.0 Å². The van der Waals surface area contributed by atoms with E-state index in [1.54, 1.807) is 12.1 Å². The van der Waals surface area contributed by atoms with Gasteiger partial charge >= 0.3 is 23.9 Å². The number of rotatable bonds is 12. The number of carboxylic acids is 4. The first-order chi connectivity index (χ1) is 12.5. The number of pyridine rings is 1. The molecular weight excluding hydrogens is 430 g/mol. The molecule has 0 radical (unpaired) electrons. The third-order valence-electron chi connectivity index (χ3n) is 3.10. The van der Waals surface area contributed by atoms with Crippen molar-refractivity contribution in [1.29, 1.82) is 0 Å². The van der Waals surface area contributed by atoms with Gasteiger partial charge < -0.3 is 20.4 Å². The third kappa shape index (κ3) is 9.63. The minimum atomic E-state index is -1.19. The highest BCUT2D eigenvalue weighted by Gasteiger charge is 2.18. The molecule has 1 heterocycles. The Morgan fingerprint density at radius 2 is 1.04 bits per heavy atom. The molecule has 0 aromatic carbocycles. The van der Waals surface area contributed by atoms with Crippen LogP contribution in [0.15, 0.2) is 16.6 Å². The predicted molar refractivity (Wildman–Crippen MR) is 93.0 cm³/mol. The van der Waals surface area contributed by atoms with Crippen LogP contribution in [0.5, 0.6) is 0 Å². The highest BCUT2D eigenvalue weighted by molar-refractivity contribution is 9.10. The fourth-order valence-electron chi connectivity index (χ4n) is 2.33. The summed E-state index contributed by atoms with van der Waals surface area (Å²) in [6.45, 7) is -2.13. The summed E-state index contributed by atoms with van der Waals surface area (Å²) in [6, 6.07) is 3.14. The van der Waals surface area contributed by atoms with Crippen molar-refractivity contribution in [3.05, 3.63) is 28.0 Å². The number of hydrogen-bond donors (Lipinski definition) is 4. The van der Waals surface area contributed by atoms with Crippen LogP contribution in [0.1, 0.15) is 11.4 Å². The van der Waals surface area contributed by atoms with Crippen molar-refractivity contribution in [2.24, 2.45) is 0 Å². The molecule has 1 aromatic rings. The molecule has 0 fully saturated rings. The van der Waals surface area contributed by atoms with Crippen LogP contribution in [0.25, 0.3) is 0 Å². The molecular formula is C15H18BrN3O8. The number of nitrogens with zero attached hydrogens (tertiary/aromatic N) is 3. The van der Waals surface area contributed by atoms with Crippen LogP contribution >= 0.6 is 15.9 Å². The Balaban J connectivity index is 2.99. The lowest BCUT2D eigenvalue weighted by Crippen LogP contribution is -2.35. The zero-order valence-corrected chi connectivity index (χ0v) is 15.6. The van der Waals surface area contributed by atoms with Crippen molar-refractivity contribution >= 4 is 39.8 Å². The molecule has 0 aliphatic rings. The standard InChI is InChI=1S/C15H18BrN3O8/c16-9-1-10(3-18(5-12(20)21)6-13(22)23)17-11(2-9)4-19(7-14(24)25)8-15(26)27/h1-2H,3-8H2,(H,20,21)(H,22,23)(H,24,25)(H,26,27). The number of aliphatic carboxylic acids is 4. The summed E-state index contributed by atoms with van der Waals surface area (Å²) in [5.41, 5.74) is 0.708. The molecule has 148 valence electrons. The van der Waals surface area contributed by atoms with Crippen LogP contribution < -0.4 is 0 Å². The van der Waals surface area contributed by atoms with Gasteiger partial charge in [-0.1, -0.05) is 15.9 Å². The minimum absolute atomic E-state index is 0.0666. The van der Waals surface area contributed by atoms with Crippen molar-refractivity contribution in [3.8, 4) is 0 Å². The topological polar surface area (TPSA) is 169 Å². The highest BCUT2D eigenvalue weighted by atomic mass is 79.9. The van der Waals surface area contributed by atoms with Crippen LogP contribution in [-0.2, 0) is 32.3 Å². The zero-order chi connectivity index (χ0) is 20.6. The predicted octanol–water partition coefficient (Wildman–Crippen LogP) is -0.213. The van der Waals surface area contributed by atoms with Crippen LogP contribution in [0.4, 0.5) is 0 Å². The first kappa shape index (κ1) is 22.5. The Kier molecular flexibility index (Phi) is 8.78. The van der Waals surface area contributed by atoms with Crippen molar-refractivity contribution in [2.45, 2.75) is 13.1 Å². The molecule has 27 heavy (non-hydrogen) atoms. The summed E-state index contributed by atoms with van der Waals surface area (Å²) in [6.07, 6.45) is 0. The number of halogens is 1. The molecule has 0 bridgehead atoms. The Morgan fingerprint density at radius 1 is 0.741 bits per heavy atom. The fraction of sp³-hybridized carbons (Fsp3) is 0.400. The quantitative estimate of drug-likeness (QED) is 0.334. The lowest BCUT2D eigenvalue weighted by Gasteiger charge is -2.20. The summed E-state index contributed by atoms with van der Waals surface area (Å²) < 4.78 is 0.554. The van der Waals surface area contributed by atoms with Crippen molar-refractivity contribution in [3.63, 3.8) is 0 Å². The average molecular weight is 448 g/mol. The molecule has 0 amide bonds. The first-order valence-electron chi connectivity index (χ1n) is 7.52. The normalized spacial score (nSPS) is 10.9. The van der Waals surface area contributed by atoms with E-state index >= 15 is 0 Å². The number of hydrogen-bond acceptors (Lipinski definition) is 7. The number of carbonyl (C=O) groups is 4. The van der Waals surface area contributed by atoms with Crippen LogP contribution in [0, 0.1) is 0 Å². The lowest BCUT2D eigenvalue weighted by atomic mass is 10.2. The molecule has 12 heteroatoms. The molecule has 0 aliphatic heterocycles. The molecule has 0 spiro atoms. The third-order valence-corrected chi connectivity index (χ3v) is 3.56. The summed E-state index contributed by atoms with van der Waals surface area (Å²) in [5.74, 6) is -4.78. The van der Waals surface area contributed by atoms with Crippen molar-refractivity contribution in [2.75, 3.05) is 26.2 Å². The van der Waals surface area contributed by atoms with Gasteiger partial charge in [0.1, 0.15) is 0 Å². The van der Waals surface area contributed by atoms with Gasteiger partial charge in [0, 0.05) is 17.6 Å². The maximum atomic E-state index is 10.9. The average Bonchev–Trinajstić information content (AvgIpc) is 2.42. The molecule has 0 saturated heterocycles. The monoisotopic (exact) mass is 447 g/mol. The smallest absolute Gasteiger partial charge is 0.317 e.